The lowest BCUT2D eigenvalue weighted by molar-refractivity contribution is 0.322. The molecule has 0 bridgehead atoms. The van der Waals surface area contributed by atoms with Crippen LogP contribution in [0.1, 0.15) is 5.56 Å². The van der Waals surface area contributed by atoms with Crippen LogP contribution in [0.4, 0.5) is 4.39 Å². The molecule has 2 nitrogen and oxygen atoms in total. The van der Waals surface area contributed by atoms with Crippen molar-refractivity contribution in [2.24, 2.45) is 5.16 Å². The molecule has 0 saturated heterocycles. The normalized spacial score (nSPS) is 10.5. The summed E-state index contributed by atoms with van der Waals surface area (Å²) in [5, 5.41) is 10.8. The molecule has 0 aliphatic rings. The van der Waals surface area contributed by atoms with E-state index in [0.29, 0.717) is 5.56 Å². The molecule has 1 rings (SSSR count). The van der Waals surface area contributed by atoms with Crippen LogP contribution < -0.4 is 0 Å². The Hall–Kier alpha value is -1.38. The first kappa shape index (κ1) is 6.74. The maximum absolute atomic E-state index is 12.2. The SMILES string of the molecule is ON=Cc1[c]cc(F)cc1. The van der Waals surface area contributed by atoms with Crippen LogP contribution in [0, 0.1) is 11.9 Å². The van der Waals surface area contributed by atoms with Crippen molar-refractivity contribution in [3.8, 4) is 0 Å². The van der Waals surface area contributed by atoms with E-state index >= 15 is 0 Å². The van der Waals surface area contributed by atoms with Gasteiger partial charge in [0.25, 0.3) is 0 Å². The zero-order chi connectivity index (χ0) is 7.40. The molecular formula is C7H5FNO. The maximum Gasteiger partial charge on any atom is 0.123 e. The summed E-state index contributed by atoms with van der Waals surface area (Å²) in [5.74, 6) is -0.352. The van der Waals surface area contributed by atoms with Gasteiger partial charge in [0.2, 0.25) is 0 Å². The Morgan fingerprint density at radius 3 is 2.90 bits per heavy atom. The van der Waals surface area contributed by atoms with E-state index in [-0.39, 0.29) is 5.82 Å². The third-order valence-corrected chi connectivity index (χ3v) is 0.996. The molecule has 3 heteroatoms. The van der Waals surface area contributed by atoms with Crippen LogP contribution in [0.3, 0.4) is 0 Å². The Kier molecular flexibility index (Phi) is 1.99. The van der Waals surface area contributed by atoms with Crippen molar-refractivity contribution in [1.82, 2.24) is 0 Å². The van der Waals surface area contributed by atoms with Gasteiger partial charge < -0.3 is 5.21 Å². The second-order valence-corrected chi connectivity index (χ2v) is 1.71. The van der Waals surface area contributed by atoms with Gasteiger partial charge in [-0.3, -0.25) is 0 Å². The average Bonchev–Trinajstić information content (AvgIpc) is 1.95. The highest BCUT2D eigenvalue weighted by Gasteiger charge is 1.88. The van der Waals surface area contributed by atoms with E-state index in [0.717, 1.165) is 0 Å². The molecule has 1 N–H and O–H groups in total. The molecule has 1 radical (unpaired) electrons. The van der Waals surface area contributed by atoms with E-state index < -0.39 is 0 Å². The maximum atomic E-state index is 12.2. The summed E-state index contributed by atoms with van der Waals surface area (Å²) in [6.07, 6.45) is 1.18. The van der Waals surface area contributed by atoms with Gasteiger partial charge >= 0.3 is 0 Å². The summed E-state index contributed by atoms with van der Waals surface area (Å²) in [5.41, 5.74) is 0.545. The third kappa shape index (κ3) is 1.55. The number of hydrogen-bond acceptors (Lipinski definition) is 2. The van der Waals surface area contributed by atoms with Gasteiger partial charge in [-0.25, -0.2) is 4.39 Å². The Morgan fingerprint density at radius 2 is 2.40 bits per heavy atom. The average molecular weight is 138 g/mol. The first-order chi connectivity index (χ1) is 4.83. The van der Waals surface area contributed by atoms with Gasteiger partial charge in [0.15, 0.2) is 0 Å². The molecule has 0 fully saturated rings. The summed E-state index contributed by atoms with van der Waals surface area (Å²) in [4.78, 5) is 0. The van der Waals surface area contributed by atoms with Crippen molar-refractivity contribution >= 4 is 6.21 Å². The molecule has 0 spiro atoms. The van der Waals surface area contributed by atoms with Gasteiger partial charge in [-0.2, -0.15) is 0 Å². The standard InChI is InChI=1S/C7H5FNO/c8-7-3-1-6(2-4-7)5-9-10/h1,3-5,10H. The lowest BCUT2D eigenvalue weighted by Gasteiger charge is -1.87. The van der Waals surface area contributed by atoms with E-state index in [1.807, 2.05) is 0 Å². The van der Waals surface area contributed by atoms with Crippen molar-refractivity contribution < 1.29 is 9.60 Å². The zero-order valence-electron chi connectivity index (χ0n) is 5.08. The van der Waals surface area contributed by atoms with Gasteiger partial charge in [-0.15, -0.1) is 0 Å². The van der Waals surface area contributed by atoms with Crippen molar-refractivity contribution in [2.75, 3.05) is 0 Å². The molecular weight excluding hydrogens is 133 g/mol. The van der Waals surface area contributed by atoms with Crippen LogP contribution in [0.25, 0.3) is 0 Å². The van der Waals surface area contributed by atoms with Crippen LogP contribution in [-0.4, -0.2) is 11.4 Å². The van der Waals surface area contributed by atoms with Gasteiger partial charge in [0.05, 0.1) is 6.21 Å². The Labute approximate surface area is 57.6 Å². The van der Waals surface area contributed by atoms with E-state index in [4.69, 9.17) is 5.21 Å². The van der Waals surface area contributed by atoms with E-state index in [1.165, 1.54) is 24.4 Å². The lowest BCUT2D eigenvalue weighted by atomic mass is 10.2. The first-order valence-electron chi connectivity index (χ1n) is 2.67. The highest BCUT2D eigenvalue weighted by molar-refractivity contribution is 5.78. The number of rotatable bonds is 1. The van der Waals surface area contributed by atoms with Gasteiger partial charge in [0, 0.05) is 5.56 Å². The topological polar surface area (TPSA) is 32.6 Å². The molecule has 0 aromatic heterocycles. The van der Waals surface area contributed by atoms with Crippen molar-refractivity contribution in [1.29, 1.82) is 0 Å². The minimum Gasteiger partial charge on any atom is -0.411 e. The fourth-order valence-electron chi connectivity index (χ4n) is 0.560. The first-order valence-corrected chi connectivity index (χ1v) is 2.67. The van der Waals surface area contributed by atoms with Gasteiger partial charge in [0.1, 0.15) is 5.82 Å². The summed E-state index contributed by atoms with van der Waals surface area (Å²) in [6.45, 7) is 0. The highest BCUT2D eigenvalue weighted by atomic mass is 19.1. The minimum atomic E-state index is -0.352. The fourth-order valence-corrected chi connectivity index (χ4v) is 0.560. The molecule has 0 saturated carbocycles. The van der Waals surface area contributed by atoms with Crippen LogP contribution in [0.15, 0.2) is 23.4 Å². The Morgan fingerprint density at radius 1 is 1.60 bits per heavy atom. The second-order valence-electron chi connectivity index (χ2n) is 1.71. The van der Waals surface area contributed by atoms with Gasteiger partial charge in [-0.05, 0) is 24.3 Å². The largest absolute Gasteiger partial charge is 0.411 e. The number of benzene rings is 1. The molecule has 0 unspecified atom stereocenters. The molecule has 1 aromatic carbocycles. The van der Waals surface area contributed by atoms with Gasteiger partial charge in [-0.1, -0.05) is 5.16 Å². The van der Waals surface area contributed by atoms with Crippen molar-refractivity contribution in [3.63, 3.8) is 0 Å². The summed E-state index contributed by atoms with van der Waals surface area (Å²) >= 11 is 0. The number of nitrogens with zero attached hydrogens (tertiary/aromatic N) is 1. The van der Waals surface area contributed by atoms with Crippen LogP contribution in [0.5, 0.6) is 0 Å². The summed E-state index contributed by atoms with van der Waals surface area (Å²) in [6, 6.07) is 6.47. The third-order valence-electron chi connectivity index (χ3n) is 0.996. The molecule has 51 valence electrons. The molecule has 0 aliphatic heterocycles. The number of hydrogen-bond donors (Lipinski definition) is 1. The Balaban J connectivity index is 2.89. The zero-order valence-corrected chi connectivity index (χ0v) is 5.08. The van der Waals surface area contributed by atoms with Crippen LogP contribution >= 0.6 is 0 Å². The second kappa shape index (κ2) is 2.96. The monoisotopic (exact) mass is 138 g/mol. The Bertz CT molecular complexity index is 230. The molecule has 0 atom stereocenters. The smallest absolute Gasteiger partial charge is 0.123 e. The molecule has 0 aliphatic carbocycles. The number of oxime groups is 1. The molecule has 0 heterocycles. The summed E-state index contributed by atoms with van der Waals surface area (Å²) < 4.78 is 12.2. The molecule has 1 aromatic rings. The molecule has 0 amide bonds. The summed E-state index contributed by atoms with van der Waals surface area (Å²) in [7, 11) is 0. The van der Waals surface area contributed by atoms with E-state index in [2.05, 4.69) is 11.2 Å². The number of halogens is 1. The fraction of sp³-hybridized carbons (Fsp3) is 0. The van der Waals surface area contributed by atoms with Crippen molar-refractivity contribution in [2.45, 2.75) is 0 Å². The minimum absolute atomic E-state index is 0.352. The quantitative estimate of drug-likeness (QED) is 0.355. The van der Waals surface area contributed by atoms with Crippen molar-refractivity contribution in [3.05, 3.63) is 35.6 Å². The predicted molar refractivity (Wildman–Crippen MR) is 34.6 cm³/mol. The van der Waals surface area contributed by atoms with Crippen LogP contribution in [-0.2, 0) is 0 Å². The lowest BCUT2D eigenvalue weighted by Crippen LogP contribution is -1.80. The molecule has 10 heavy (non-hydrogen) atoms. The highest BCUT2D eigenvalue weighted by Crippen LogP contribution is 1.98. The van der Waals surface area contributed by atoms with Crippen LogP contribution in [0.2, 0.25) is 0 Å². The predicted octanol–water partition coefficient (Wildman–Crippen LogP) is 1.43. The van der Waals surface area contributed by atoms with E-state index in [1.54, 1.807) is 0 Å². The van der Waals surface area contributed by atoms with E-state index in [9.17, 15) is 4.39 Å².